The lowest BCUT2D eigenvalue weighted by molar-refractivity contribution is 0.392. The summed E-state index contributed by atoms with van der Waals surface area (Å²) in [6.07, 6.45) is 0. The molecule has 3 N–H and O–H groups in total. The van der Waals surface area contributed by atoms with Crippen molar-refractivity contribution in [1.82, 2.24) is 5.16 Å². The number of nitrogens with one attached hydrogen (secondary N) is 1. The van der Waals surface area contributed by atoms with E-state index in [0.717, 1.165) is 17.0 Å². The second-order valence-electron chi connectivity index (χ2n) is 4.18. The van der Waals surface area contributed by atoms with Crippen LogP contribution in [0.25, 0.3) is 0 Å². The molecule has 0 fully saturated rings. The molecule has 0 amide bonds. The van der Waals surface area contributed by atoms with Crippen LogP contribution in [0.3, 0.4) is 0 Å². The van der Waals surface area contributed by atoms with Gasteiger partial charge >= 0.3 is 0 Å². The molecule has 1 aromatic carbocycles. The van der Waals surface area contributed by atoms with Gasteiger partial charge in [0.25, 0.3) is 0 Å². The van der Waals surface area contributed by atoms with Gasteiger partial charge in [-0.15, -0.1) is 0 Å². The van der Waals surface area contributed by atoms with E-state index in [-0.39, 0.29) is 10.6 Å². The third-order valence-corrected chi connectivity index (χ3v) is 3.10. The lowest BCUT2D eigenvalue weighted by Crippen LogP contribution is -2.15. The zero-order chi connectivity index (χ0) is 14.0. The van der Waals surface area contributed by atoms with E-state index >= 15 is 0 Å². The van der Waals surface area contributed by atoms with Gasteiger partial charge in [-0.05, 0) is 26.0 Å². The SMILES string of the molecule is Cc1noc(C)c1CNc1cccc(F)c1C(N)=S. The molecule has 6 heteroatoms. The molecular weight excluding hydrogens is 265 g/mol. The van der Waals surface area contributed by atoms with E-state index < -0.39 is 5.82 Å². The molecule has 0 spiro atoms. The summed E-state index contributed by atoms with van der Waals surface area (Å²) in [5.41, 5.74) is 8.08. The second-order valence-corrected chi connectivity index (χ2v) is 4.62. The van der Waals surface area contributed by atoms with Crippen LogP contribution >= 0.6 is 12.2 Å². The van der Waals surface area contributed by atoms with E-state index in [0.29, 0.717) is 12.2 Å². The number of aryl methyl sites for hydroxylation is 2. The van der Waals surface area contributed by atoms with E-state index in [1.165, 1.54) is 6.07 Å². The quantitative estimate of drug-likeness (QED) is 0.842. The van der Waals surface area contributed by atoms with Crippen molar-refractivity contribution in [3.05, 3.63) is 46.6 Å². The molecule has 0 saturated heterocycles. The Morgan fingerprint density at radius 1 is 1.47 bits per heavy atom. The maximum Gasteiger partial charge on any atom is 0.138 e. The molecule has 0 aliphatic rings. The molecule has 0 unspecified atom stereocenters. The van der Waals surface area contributed by atoms with Gasteiger partial charge in [-0.1, -0.05) is 23.4 Å². The second kappa shape index (κ2) is 5.36. The number of aromatic nitrogens is 1. The Labute approximate surface area is 115 Å². The molecule has 0 atom stereocenters. The summed E-state index contributed by atoms with van der Waals surface area (Å²) in [6, 6.07) is 4.66. The zero-order valence-electron chi connectivity index (χ0n) is 10.7. The number of halogens is 1. The summed E-state index contributed by atoms with van der Waals surface area (Å²) >= 11 is 4.87. The van der Waals surface area contributed by atoms with Gasteiger partial charge in [0, 0.05) is 17.8 Å². The Kier molecular flexibility index (Phi) is 3.80. The molecule has 2 rings (SSSR count). The van der Waals surface area contributed by atoms with Crippen LogP contribution in [-0.2, 0) is 6.54 Å². The Bertz CT molecular complexity index is 605. The summed E-state index contributed by atoms with van der Waals surface area (Å²) in [7, 11) is 0. The van der Waals surface area contributed by atoms with Gasteiger partial charge in [0.05, 0.1) is 11.3 Å². The number of thiocarbonyl (C=S) groups is 1. The highest BCUT2D eigenvalue weighted by Crippen LogP contribution is 2.21. The normalized spacial score (nSPS) is 10.5. The molecular formula is C13H14FN3OS. The predicted molar refractivity (Wildman–Crippen MR) is 75.6 cm³/mol. The Morgan fingerprint density at radius 3 is 2.79 bits per heavy atom. The fraction of sp³-hybridized carbons (Fsp3) is 0.231. The maximum absolute atomic E-state index is 13.7. The van der Waals surface area contributed by atoms with Crippen LogP contribution in [0.4, 0.5) is 10.1 Å². The third-order valence-electron chi connectivity index (χ3n) is 2.90. The molecule has 2 aromatic rings. The van der Waals surface area contributed by atoms with Crippen LogP contribution in [-0.4, -0.2) is 10.1 Å². The van der Waals surface area contributed by atoms with Crippen molar-refractivity contribution in [3.63, 3.8) is 0 Å². The number of nitrogens with two attached hydrogens (primary N) is 1. The van der Waals surface area contributed by atoms with Crippen molar-refractivity contribution in [2.75, 3.05) is 5.32 Å². The number of hydrogen-bond donors (Lipinski definition) is 2. The van der Waals surface area contributed by atoms with Crippen molar-refractivity contribution in [1.29, 1.82) is 0 Å². The largest absolute Gasteiger partial charge is 0.389 e. The zero-order valence-corrected chi connectivity index (χ0v) is 11.5. The topological polar surface area (TPSA) is 64.1 Å². The molecule has 19 heavy (non-hydrogen) atoms. The minimum atomic E-state index is -0.434. The Balaban J connectivity index is 2.25. The van der Waals surface area contributed by atoms with Crippen molar-refractivity contribution in [3.8, 4) is 0 Å². The van der Waals surface area contributed by atoms with Gasteiger partial charge in [-0.25, -0.2) is 4.39 Å². The molecule has 1 aromatic heterocycles. The summed E-state index contributed by atoms with van der Waals surface area (Å²) < 4.78 is 18.8. The van der Waals surface area contributed by atoms with Crippen molar-refractivity contribution in [2.24, 2.45) is 5.73 Å². The fourth-order valence-corrected chi connectivity index (χ4v) is 2.07. The molecule has 4 nitrogen and oxygen atoms in total. The fourth-order valence-electron chi connectivity index (χ4n) is 1.86. The van der Waals surface area contributed by atoms with Crippen LogP contribution in [0.1, 0.15) is 22.6 Å². The summed E-state index contributed by atoms with van der Waals surface area (Å²) in [5.74, 6) is 0.301. The smallest absolute Gasteiger partial charge is 0.138 e. The standard InChI is InChI=1S/C13H14FN3OS/c1-7-9(8(2)18-17-7)6-16-11-5-3-4-10(14)12(11)13(15)19/h3-5,16H,6H2,1-2H3,(H2,15,19). The average Bonchev–Trinajstić information content (AvgIpc) is 2.66. The molecule has 0 saturated carbocycles. The first-order valence-electron chi connectivity index (χ1n) is 5.74. The van der Waals surface area contributed by atoms with E-state index in [1.54, 1.807) is 12.1 Å². The number of rotatable bonds is 4. The number of benzene rings is 1. The summed E-state index contributed by atoms with van der Waals surface area (Å²) in [4.78, 5) is 0.0272. The molecule has 0 aliphatic carbocycles. The van der Waals surface area contributed by atoms with E-state index in [9.17, 15) is 4.39 Å². The first-order valence-corrected chi connectivity index (χ1v) is 6.15. The molecule has 1 heterocycles. The van der Waals surface area contributed by atoms with E-state index in [2.05, 4.69) is 10.5 Å². The van der Waals surface area contributed by atoms with Gasteiger partial charge in [0.1, 0.15) is 16.6 Å². The Hall–Kier alpha value is -1.95. The summed E-state index contributed by atoms with van der Waals surface area (Å²) in [6.45, 7) is 4.16. The predicted octanol–water partition coefficient (Wildman–Crippen LogP) is 2.68. The monoisotopic (exact) mass is 279 g/mol. The van der Waals surface area contributed by atoms with Gasteiger partial charge in [-0.2, -0.15) is 0 Å². The van der Waals surface area contributed by atoms with Gasteiger partial charge in [-0.3, -0.25) is 0 Å². The van der Waals surface area contributed by atoms with Crippen molar-refractivity contribution < 1.29 is 8.91 Å². The van der Waals surface area contributed by atoms with Gasteiger partial charge in [0.15, 0.2) is 0 Å². The van der Waals surface area contributed by atoms with Crippen molar-refractivity contribution >= 4 is 22.9 Å². The number of hydrogen-bond acceptors (Lipinski definition) is 4. The summed E-state index contributed by atoms with van der Waals surface area (Å²) in [5, 5.41) is 6.98. The molecule has 0 radical (unpaired) electrons. The van der Waals surface area contributed by atoms with Gasteiger partial charge in [0.2, 0.25) is 0 Å². The minimum absolute atomic E-state index is 0.0272. The van der Waals surface area contributed by atoms with Crippen LogP contribution in [0.2, 0.25) is 0 Å². The lowest BCUT2D eigenvalue weighted by atomic mass is 10.1. The highest BCUT2D eigenvalue weighted by molar-refractivity contribution is 7.80. The molecule has 0 bridgehead atoms. The van der Waals surface area contributed by atoms with Crippen LogP contribution in [0, 0.1) is 19.7 Å². The molecule has 100 valence electrons. The Morgan fingerprint density at radius 2 is 2.21 bits per heavy atom. The van der Waals surface area contributed by atoms with E-state index in [1.807, 2.05) is 13.8 Å². The average molecular weight is 279 g/mol. The van der Waals surface area contributed by atoms with Gasteiger partial charge < -0.3 is 15.6 Å². The maximum atomic E-state index is 13.7. The number of nitrogens with zero attached hydrogens (tertiary/aromatic N) is 1. The highest BCUT2D eigenvalue weighted by Gasteiger charge is 2.13. The van der Waals surface area contributed by atoms with Crippen LogP contribution in [0.5, 0.6) is 0 Å². The van der Waals surface area contributed by atoms with E-state index in [4.69, 9.17) is 22.5 Å². The first-order chi connectivity index (χ1) is 9.00. The first kappa shape index (κ1) is 13.5. The highest BCUT2D eigenvalue weighted by atomic mass is 32.1. The number of anilines is 1. The van der Waals surface area contributed by atoms with Crippen LogP contribution in [0.15, 0.2) is 22.7 Å². The minimum Gasteiger partial charge on any atom is -0.389 e. The van der Waals surface area contributed by atoms with Crippen LogP contribution < -0.4 is 11.1 Å². The van der Waals surface area contributed by atoms with Crippen molar-refractivity contribution in [2.45, 2.75) is 20.4 Å². The molecule has 0 aliphatic heterocycles. The third kappa shape index (κ3) is 2.73. The lowest BCUT2D eigenvalue weighted by Gasteiger charge is -2.11.